The zero-order valence-electron chi connectivity index (χ0n) is 22.6. The van der Waals surface area contributed by atoms with Crippen molar-refractivity contribution in [3.8, 4) is 22.8 Å². The molecule has 0 unspecified atom stereocenters. The summed E-state index contributed by atoms with van der Waals surface area (Å²) >= 11 is 1.12. The highest BCUT2D eigenvalue weighted by Gasteiger charge is 2.35. The standard InChI is InChI=1S/C29H25N3O8S/c1-5-39-28(34)25-16(2)30-29-31(26(25)20-14-17(37-3)10-12-22(20)38-4)27(33)24(41-29)15-18-11-13-23(40-18)19-8-6-7-9-21(19)32(35)36/h6-15,26H,5H2,1-4H3/b24-15+/t26-/m0/s1. The first-order valence-electron chi connectivity index (χ1n) is 12.5. The molecule has 1 atom stereocenters. The van der Waals surface area contributed by atoms with Gasteiger partial charge in [0.05, 0.1) is 47.1 Å². The molecule has 5 rings (SSSR count). The maximum Gasteiger partial charge on any atom is 0.338 e. The number of nitrogens with zero attached hydrogens (tertiary/aromatic N) is 3. The minimum absolute atomic E-state index is 0.0954. The lowest BCUT2D eigenvalue weighted by Gasteiger charge is -2.26. The smallest absolute Gasteiger partial charge is 0.338 e. The Hall–Kier alpha value is -4.97. The van der Waals surface area contributed by atoms with Gasteiger partial charge in [0.25, 0.3) is 11.2 Å². The highest BCUT2D eigenvalue weighted by atomic mass is 32.1. The van der Waals surface area contributed by atoms with Gasteiger partial charge in [-0.15, -0.1) is 0 Å². The van der Waals surface area contributed by atoms with E-state index in [2.05, 4.69) is 4.99 Å². The van der Waals surface area contributed by atoms with Crippen molar-refractivity contribution in [2.24, 2.45) is 4.99 Å². The maximum absolute atomic E-state index is 13.9. The Morgan fingerprint density at radius 1 is 1.17 bits per heavy atom. The number of esters is 1. The van der Waals surface area contributed by atoms with Crippen molar-refractivity contribution in [3.63, 3.8) is 0 Å². The first kappa shape index (κ1) is 27.6. The van der Waals surface area contributed by atoms with E-state index in [0.717, 1.165) is 11.3 Å². The number of nitro groups is 1. The van der Waals surface area contributed by atoms with Crippen LogP contribution in [-0.4, -0.2) is 36.3 Å². The Morgan fingerprint density at radius 2 is 1.95 bits per heavy atom. The van der Waals surface area contributed by atoms with Crippen LogP contribution in [0.4, 0.5) is 5.69 Å². The van der Waals surface area contributed by atoms with E-state index in [1.165, 1.54) is 24.9 Å². The number of furan rings is 1. The summed E-state index contributed by atoms with van der Waals surface area (Å²) < 4.78 is 24.0. The Bertz CT molecular complexity index is 1880. The van der Waals surface area contributed by atoms with Crippen molar-refractivity contribution in [3.05, 3.63) is 107 Å². The molecule has 4 aromatic rings. The molecule has 0 saturated carbocycles. The van der Waals surface area contributed by atoms with E-state index in [9.17, 15) is 19.7 Å². The molecule has 0 N–H and O–H groups in total. The van der Waals surface area contributed by atoms with E-state index in [-0.39, 0.29) is 28.2 Å². The van der Waals surface area contributed by atoms with Crippen LogP contribution in [0.2, 0.25) is 0 Å². The summed E-state index contributed by atoms with van der Waals surface area (Å²) in [6.45, 7) is 3.53. The predicted molar refractivity (Wildman–Crippen MR) is 151 cm³/mol. The number of benzene rings is 2. The van der Waals surface area contributed by atoms with Gasteiger partial charge < -0.3 is 18.6 Å². The first-order valence-corrected chi connectivity index (χ1v) is 13.3. The fourth-order valence-electron chi connectivity index (χ4n) is 4.68. The van der Waals surface area contributed by atoms with E-state index in [0.29, 0.717) is 38.9 Å². The van der Waals surface area contributed by atoms with Crippen LogP contribution in [0.25, 0.3) is 17.4 Å². The fraction of sp³-hybridized carbons (Fsp3) is 0.207. The molecule has 0 saturated heterocycles. The summed E-state index contributed by atoms with van der Waals surface area (Å²) in [5.74, 6) is 0.968. The molecule has 0 bridgehead atoms. The van der Waals surface area contributed by atoms with E-state index in [4.69, 9.17) is 18.6 Å². The van der Waals surface area contributed by atoms with Crippen LogP contribution in [0, 0.1) is 10.1 Å². The number of aromatic nitrogens is 1. The Morgan fingerprint density at radius 3 is 2.66 bits per heavy atom. The second-order valence-corrected chi connectivity index (χ2v) is 9.90. The molecule has 2 aromatic carbocycles. The Balaban J connectivity index is 1.69. The van der Waals surface area contributed by atoms with Gasteiger partial charge in [0.1, 0.15) is 29.1 Å². The van der Waals surface area contributed by atoms with Gasteiger partial charge in [-0.1, -0.05) is 23.5 Å². The van der Waals surface area contributed by atoms with E-state index < -0.39 is 22.5 Å². The highest BCUT2D eigenvalue weighted by Crippen LogP contribution is 2.38. The minimum Gasteiger partial charge on any atom is -0.497 e. The molecular formula is C29H25N3O8S. The number of hydrogen-bond acceptors (Lipinski definition) is 10. The SMILES string of the molecule is CCOC(=O)C1=C(C)N=c2s/c(=C/c3ccc(-c4ccccc4[N+](=O)[O-])o3)c(=O)n2[C@H]1c1cc(OC)ccc1OC. The van der Waals surface area contributed by atoms with Crippen molar-refractivity contribution in [1.29, 1.82) is 0 Å². The lowest BCUT2D eigenvalue weighted by molar-refractivity contribution is -0.384. The van der Waals surface area contributed by atoms with Crippen LogP contribution in [-0.2, 0) is 9.53 Å². The normalized spacial score (nSPS) is 14.8. The Labute approximate surface area is 237 Å². The average molecular weight is 576 g/mol. The van der Waals surface area contributed by atoms with Gasteiger partial charge in [-0.2, -0.15) is 0 Å². The number of carbonyl (C=O) groups excluding carboxylic acids is 1. The first-order chi connectivity index (χ1) is 19.8. The second kappa shape index (κ2) is 11.3. The number of carbonyl (C=O) groups is 1. The number of hydrogen-bond donors (Lipinski definition) is 0. The summed E-state index contributed by atoms with van der Waals surface area (Å²) in [7, 11) is 3.02. The molecule has 210 valence electrons. The molecule has 3 heterocycles. The van der Waals surface area contributed by atoms with Gasteiger partial charge in [-0.25, -0.2) is 9.79 Å². The van der Waals surface area contributed by atoms with Crippen LogP contribution < -0.4 is 24.4 Å². The third-order valence-corrected chi connectivity index (χ3v) is 7.50. The lowest BCUT2D eigenvalue weighted by Crippen LogP contribution is -2.40. The molecular weight excluding hydrogens is 550 g/mol. The van der Waals surface area contributed by atoms with Crippen LogP contribution in [0.5, 0.6) is 11.5 Å². The fourth-order valence-corrected chi connectivity index (χ4v) is 5.71. The van der Waals surface area contributed by atoms with Gasteiger partial charge in [0.2, 0.25) is 0 Å². The third-order valence-electron chi connectivity index (χ3n) is 6.51. The number of methoxy groups -OCH3 is 2. The molecule has 11 nitrogen and oxygen atoms in total. The quantitative estimate of drug-likeness (QED) is 0.175. The summed E-state index contributed by atoms with van der Waals surface area (Å²) in [6, 6.07) is 13.7. The molecule has 12 heteroatoms. The van der Waals surface area contributed by atoms with Gasteiger partial charge in [0, 0.05) is 17.7 Å². The minimum atomic E-state index is -0.906. The molecule has 1 aliphatic rings. The van der Waals surface area contributed by atoms with Gasteiger partial charge in [-0.3, -0.25) is 19.5 Å². The number of nitro benzene ring substituents is 1. The van der Waals surface area contributed by atoms with Crippen molar-refractivity contribution in [1.82, 2.24) is 4.57 Å². The third kappa shape index (κ3) is 5.05. The zero-order valence-corrected chi connectivity index (χ0v) is 23.4. The van der Waals surface area contributed by atoms with Crippen LogP contribution in [0.1, 0.15) is 31.2 Å². The molecule has 0 aliphatic carbocycles. The summed E-state index contributed by atoms with van der Waals surface area (Å²) in [5, 5.41) is 11.5. The molecule has 0 fully saturated rings. The van der Waals surface area contributed by atoms with Crippen LogP contribution in [0.15, 0.2) is 80.1 Å². The largest absolute Gasteiger partial charge is 0.497 e. The van der Waals surface area contributed by atoms with Crippen LogP contribution in [0.3, 0.4) is 0 Å². The predicted octanol–water partition coefficient (Wildman–Crippen LogP) is 3.98. The van der Waals surface area contributed by atoms with Crippen molar-refractivity contribution < 1.29 is 28.3 Å². The molecule has 2 aromatic heterocycles. The number of para-hydroxylation sites is 1. The number of thiazole rings is 1. The number of rotatable bonds is 8. The van der Waals surface area contributed by atoms with Crippen molar-refractivity contribution >= 4 is 29.1 Å². The monoisotopic (exact) mass is 575 g/mol. The molecule has 0 radical (unpaired) electrons. The van der Waals surface area contributed by atoms with Gasteiger partial charge in [-0.05, 0) is 50.2 Å². The van der Waals surface area contributed by atoms with Gasteiger partial charge in [0.15, 0.2) is 4.80 Å². The average Bonchev–Trinajstić information content (AvgIpc) is 3.56. The van der Waals surface area contributed by atoms with Gasteiger partial charge >= 0.3 is 5.97 Å². The molecule has 1 aliphatic heterocycles. The van der Waals surface area contributed by atoms with Crippen molar-refractivity contribution in [2.45, 2.75) is 19.9 Å². The molecule has 41 heavy (non-hydrogen) atoms. The summed E-state index contributed by atoms with van der Waals surface area (Å²) in [4.78, 5) is 43.0. The zero-order chi connectivity index (χ0) is 29.3. The maximum atomic E-state index is 13.9. The van der Waals surface area contributed by atoms with E-state index in [1.54, 1.807) is 68.5 Å². The van der Waals surface area contributed by atoms with E-state index >= 15 is 0 Å². The van der Waals surface area contributed by atoms with Crippen LogP contribution >= 0.6 is 11.3 Å². The summed E-state index contributed by atoms with van der Waals surface area (Å²) in [5.41, 5.74) is 0.937. The Kier molecular flexibility index (Phi) is 7.58. The molecule has 0 amide bonds. The highest BCUT2D eigenvalue weighted by molar-refractivity contribution is 7.07. The number of fused-ring (bicyclic) bond motifs is 1. The molecule has 0 spiro atoms. The van der Waals surface area contributed by atoms with Crippen molar-refractivity contribution in [2.75, 3.05) is 20.8 Å². The number of allylic oxidation sites excluding steroid dienone is 1. The number of ether oxygens (including phenoxy) is 3. The lowest BCUT2D eigenvalue weighted by atomic mass is 9.95. The topological polar surface area (TPSA) is 135 Å². The van der Waals surface area contributed by atoms with E-state index in [1.807, 2.05) is 0 Å². The summed E-state index contributed by atoms with van der Waals surface area (Å²) in [6.07, 6.45) is 1.55. The second-order valence-electron chi connectivity index (χ2n) is 8.89.